The van der Waals surface area contributed by atoms with E-state index in [0.29, 0.717) is 0 Å². The largest absolute Gasteiger partial charge is 0.376 e. The molecule has 1 aromatic rings. The lowest BCUT2D eigenvalue weighted by atomic mass is 10.2. The maximum Gasteiger partial charge on any atom is 0.161 e. The summed E-state index contributed by atoms with van der Waals surface area (Å²) in [6, 6.07) is 8.29. The van der Waals surface area contributed by atoms with E-state index in [0.717, 1.165) is 23.2 Å². The third kappa shape index (κ3) is 2.70. The van der Waals surface area contributed by atoms with Crippen LogP contribution in [0.2, 0.25) is 0 Å². The van der Waals surface area contributed by atoms with Crippen LogP contribution in [0.15, 0.2) is 29.3 Å². The fraction of sp³-hybridized carbons (Fsp3) is 0.417. The van der Waals surface area contributed by atoms with E-state index < -0.39 is 0 Å². The van der Waals surface area contributed by atoms with Gasteiger partial charge in [0.05, 0.1) is 11.4 Å². The molecule has 0 bridgehead atoms. The van der Waals surface area contributed by atoms with E-state index in [9.17, 15) is 0 Å². The van der Waals surface area contributed by atoms with Crippen molar-refractivity contribution in [3.8, 4) is 0 Å². The first-order valence-electron chi connectivity index (χ1n) is 5.48. The van der Waals surface area contributed by atoms with Gasteiger partial charge in [0, 0.05) is 26.4 Å². The number of hydrogen-bond acceptors (Lipinski definition) is 4. The molecule has 0 saturated carbocycles. The SMILES string of the molecule is CN(C)c1ccccc1NC1=NCCCS1. The van der Waals surface area contributed by atoms with E-state index in [1.54, 1.807) is 11.8 Å². The van der Waals surface area contributed by atoms with E-state index >= 15 is 0 Å². The van der Waals surface area contributed by atoms with Gasteiger partial charge in [-0.25, -0.2) is 0 Å². The van der Waals surface area contributed by atoms with Crippen LogP contribution >= 0.6 is 11.8 Å². The Morgan fingerprint density at radius 1 is 1.31 bits per heavy atom. The first-order valence-corrected chi connectivity index (χ1v) is 6.46. The fourth-order valence-corrected chi connectivity index (χ4v) is 2.45. The molecule has 1 N–H and O–H groups in total. The van der Waals surface area contributed by atoms with Crippen LogP contribution in [-0.4, -0.2) is 31.6 Å². The lowest BCUT2D eigenvalue weighted by molar-refractivity contribution is 0.938. The van der Waals surface area contributed by atoms with Crippen LogP contribution in [0.3, 0.4) is 0 Å². The molecule has 0 aromatic heterocycles. The highest BCUT2D eigenvalue weighted by atomic mass is 32.2. The molecular formula is C12H17N3S. The summed E-state index contributed by atoms with van der Waals surface area (Å²) in [5, 5.41) is 4.44. The summed E-state index contributed by atoms with van der Waals surface area (Å²) in [6.07, 6.45) is 1.19. The summed E-state index contributed by atoms with van der Waals surface area (Å²) in [5.74, 6) is 1.16. The molecule has 16 heavy (non-hydrogen) atoms. The van der Waals surface area contributed by atoms with Gasteiger partial charge >= 0.3 is 0 Å². The number of para-hydroxylation sites is 2. The molecule has 1 aliphatic heterocycles. The summed E-state index contributed by atoms with van der Waals surface area (Å²) in [6.45, 7) is 0.944. The summed E-state index contributed by atoms with van der Waals surface area (Å²) >= 11 is 1.80. The normalized spacial score (nSPS) is 15.5. The van der Waals surface area contributed by atoms with Crippen molar-refractivity contribution in [3.05, 3.63) is 24.3 Å². The molecular weight excluding hydrogens is 218 g/mol. The standard InChI is InChI=1S/C12H17N3S/c1-15(2)11-7-4-3-6-10(11)14-12-13-8-5-9-16-12/h3-4,6-7H,5,8-9H2,1-2H3,(H,13,14). The number of hydrogen-bond donors (Lipinski definition) is 1. The predicted molar refractivity (Wildman–Crippen MR) is 73.8 cm³/mol. The third-order valence-corrected chi connectivity index (χ3v) is 3.42. The number of anilines is 2. The lowest BCUT2D eigenvalue weighted by Crippen LogP contribution is -2.17. The van der Waals surface area contributed by atoms with Crippen molar-refractivity contribution < 1.29 is 0 Å². The van der Waals surface area contributed by atoms with E-state index in [-0.39, 0.29) is 0 Å². The van der Waals surface area contributed by atoms with Gasteiger partial charge in [-0.3, -0.25) is 4.99 Å². The molecule has 0 atom stereocenters. The zero-order valence-corrected chi connectivity index (χ0v) is 10.5. The number of nitrogens with one attached hydrogen (secondary N) is 1. The minimum atomic E-state index is 0.944. The van der Waals surface area contributed by atoms with Crippen molar-refractivity contribution in [2.45, 2.75) is 6.42 Å². The highest BCUT2D eigenvalue weighted by Gasteiger charge is 2.09. The van der Waals surface area contributed by atoms with Gasteiger partial charge in [-0.1, -0.05) is 23.9 Å². The van der Waals surface area contributed by atoms with E-state index in [1.807, 2.05) is 6.07 Å². The number of aliphatic imine (C=N–C) groups is 1. The predicted octanol–water partition coefficient (Wildman–Crippen LogP) is 2.66. The molecule has 3 nitrogen and oxygen atoms in total. The van der Waals surface area contributed by atoms with Gasteiger partial charge in [0.25, 0.3) is 0 Å². The van der Waals surface area contributed by atoms with Gasteiger partial charge in [0.1, 0.15) is 0 Å². The zero-order chi connectivity index (χ0) is 11.4. The van der Waals surface area contributed by atoms with Gasteiger partial charge in [-0.15, -0.1) is 0 Å². The van der Waals surface area contributed by atoms with Crippen molar-refractivity contribution in [2.24, 2.45) is 4.99 Å². The molecule has 86 valence electrons. The van der Waals surface area contributed by atoms with Gasteiger partial charge in [-0.2, -0.15) is 0 Å². The van der Waals surface area contributed by atoms with Gasteiger partial charge in [0.15, 0.2) is 5.17 Å². The number of nitrogens with zero attached hydrogens (tertiary/aromatic N) is 2. The molecule has 0 saturated heterocycles. The smallest absolute Gasteiger partial charge is 0.161 e. The minimum absolute atomic E-state index is 0.944. The molecule has 0 fully saturated rings. The van der Waals surface area contributed by atoms with Crippen LogP contribution in [0, 0.1) is 0 Å². The highest BCUT2D eigenvalue weighted by molar-refractivity contribution is 8.14. The minimum Gasteiger partial charge on any atom is -0.376 e. The van der Waals surface area contributed by atoms with Crippen LogP contribution in [0.5, 0.6) is 0 Å². The monoisotopic (exact) mass is 235 g/mol. The van der Waals surface area contributed by atoms with Gasteiger partial charge in [-0.05, 0) is 18.6 Å². The van der Waals surface area contributed by atoms with Crippen molar-refractivity contribution in [3.63, 3.8) is 0 Å². The number of benzene rings is 1. The molecule has 4 heteroatoms. The fourth-order valence-electron chi connectivity index (χ4n) is 1.62. The molecule has 2 rings (SSSR count). The topological polar surface area (TPSA) is 27.6 Å². The molecule has 0 unspecified atom stereocenters. The quantitative estimate of drug-likeness (QED) is 0.854. The van der Waals surface area contributed by atoms with Gasteiger partial charge < -0.3 is 10.2 Å². The van der Waals surface area contributed by atoms with Crippen molar-refractivity contribution in [1.82, 2.24) is 0 Å². The number of amidine groups is 1. The van der Waals surface area contributed by atoms with Gasteiger partial charge in [0.2, 0.25) is 0 Å². The number of rotatable bonds is 2. The Balaban J connectivity index is 2.17. The molecule has 1 aromatic carbocycles. The average molecular weight is 235 g/mol. The second-order valence-corrected chi connectivity index (χ2v) is 5.01. The first-order chi connectivity index (χ1) is 7.77. The maximum absolute atomic E-state index is 4.48. The molecule has 1 heterocycles. The van der Waals surface area contributed by atoms with Crippen LogP contribution < -0.4 is 10.2 Å². The lowest BCUT2D eigenvalue weighted by Gasteiger charge is -2.20. The molecule has 1 aliphatic rings. The number of thioether (sulfide) groups is 1. The Morgan fingerprint density at radius 2 is 2.12 bits per heavy atom. The summed E-state index contributed by atoms with van der Waals surface area (Å²) < 4.78 is 0. The highest BCUT2D eigenvalue weighted by Crippen LogP contribution is 2.25. The van der Waals surface area contributed by atoms with Crippen LogP contribution in [0.1, 0.15) is 6.42 Å². The molecule has 0 spiro atoms. The second kappa shape index (κ2) is 5.25. The van der Waals surface area contributed by atoms with E-state index in [1.165, 1.54) is 12.1 Å². The van der Waals surface area contributed by atoms with Crippen molar-refractivity contribution >= 4 is 28.3 Å². The zero-order valence-electron chi connectivity index (χ0n) is 9.73. The molecule has 0 amide bonds. The van der Waals surface area contributed by atoms with Crippen LogP contribution in [0.4, 0.5) is 11.4 Å². The summed E-state index contributed by atoms with van der Waals surface area (Å²) in [4.78, 5) is 6.58. The maximum atomic E-state index is 4.48. The van der Waals surface area contributed by atoms with Crippen molar-refractivity contribution in [2.75, 3.05) is 36.6 Å². The summed E-state index contributed by atoms with van der Waals surface area (Å²) in [7, 11) is 4.10. The average Bonchev–Trinajstić information content (AvgIpc) is 2.31. The Kier molecular flexibility index (Phi) is 3.72. The molecule has 0 aliphatic carbocycles. The summed E-state index contributed by atoms with van der Waals surface area (Å²) in [5.41, 5.74) is 2.32. The van der Waals surface area contributed by atoms with Crippen molar-refractivity contribution in [1.29, 1.82) is 0 Å². The molecule has 0 radical (unpaired) electrons. The Labute approximate surface area is 101 Å². The van der Waals surface area contributed by atoms with Crippen LogP contribution in [-0.2, 0) is 0 Å². The Hall–Kier alpha value is -1.16. The van der Waals surface area contributed by atoms with Crippen LogP contribution in [0.25, 0.3) is 0 Å². The third-order valence-electron chi connectivity index (χ3n) is 2.42. The first kappa shape index (κ1) is 11.3. The second-order valence-electron chi connectivity index (χ2n) is 3.93. The van der Waals surface area contributed by atoms with E-state index in [2.05, 4.69) is 47.5 Å². The van der Waals surface area contributed by atoms with E-state index in [4.69, 9.17) is 0 Å². The Bertz CT molecular complexity index is 388. The Morgan fingerprint density at radius 3 is 2.81 bits per heavy atom.